The second-order valence-corrected chi connectivity index (χ2v) is 3.92. The Labute approximate surface area is 98.7 Å². The van der Waals surface area contributed by atoms with E-state index in [9.17, 15) is 4.79 Å². The number of alkyl halides is 1. The summed E-state index contributed by atoms with van der Waals surface area (Å²) in [5.74, 6) is -0.242. The van der Waals surface area contributed by atoms with E-state index in [1.54, 1.807) is 0 Å². The number of carbonyl (C=O) groups excluding carboxylic acids is 1. The highest BCUT2D eigenvalue weighted by atomic mass is 35.5. The minimum Gasteiger partial charge on any atom is -0.351 e. The van der Waals surface area contributed by atoms with Crippen LogP contribution in [0.4, 0.5) is 0 Å². The zero-order valence-corrected chi connectivity index (χ0v) is 9.90. The summed E-state index contributed by atoms with van der Waals surface area (Å²) in [6.45, 7) is 2.69. The van der Waals surface area contributed by atoms with Gasteiger partial charge in [0.25, 0.3) is 5.91 Å². The zero-order chi connectivity index (χ0) is 11.3. The Morgan fingerprint density at radius 1 is 1.73 bits per heavy atom. The van der Waals surface area contributed by atoms with Gasteiger partial charge >= 0.3 is 0 Å². The van der Waals surface area contributed by atoms with Crippen LogP contribution in [0.5, 0.6) is 0 Å². The first kappa shape index (κ1) is 12.3. The Morgan fingerprint density at radius 3 is 3.07 bits per heavy atom. The Hall–Kier alpha value is -0.740. The van der Waals surface area contributed by atoms with Crippen LogP contribution in [0, 0.1) is 0 Å². The third kappa shape index (κ3) is 4.10. The molecule has 0 bridgehead atoms. The molecule has 1 atom stereocenters. The molecular weight excluding hydrogens is 237 g/mol. The summed E-state index contributed by atoms with van der Waals surface area (Å²) in [4.78, 5) is 15.4. The lowest BCUT2D eigenvalue weighted by molar-refractivity contribution is -0.114. The van der Waals surface area contributed by atoms with Gasteiger partial charge in [-0.15, -0.1) is 0 Å². The van der Waals surface area contributed by atoms with Crippen molar-refractivity contribution >= 4 is 34.8 Å². The minimum atomic E-state index is -0.672. The van der Waals surface area contributed by atoms with Gasteiger partial charge in [-0.1, -0.05) is 36.5 Å². The van der Waals surface area contributed by atoms with E-state index < -0.39 is 5.62 Å². The predicted octanol–water partition coefficient (Wildman–Crippen LogP) is 1.55. The van der Waals surface area contributed by atoms with Crippen molar-refractivity contribution < 1.29 is 4.79 Å². The molecule has 15 heavy (non-hydrogen) atoms. The second-order valence-electron chi connectivity index (χ2n) is 3.10. The van der Waals surface area contributed by atoms with E-state index in [2.05, 4.69) is 22.5 Å². The molecule has 0 saturated heterocycles. The van der Waals surface area contributed by atoms with Crippen LogP contribution in [0.2, 0.25) is 0 Å². The molecule has 1 heterocycles. The van der Waals surface area contributed by atoms with E-state index in [-0.39, 0.29) is 11.6 Å². The molecule has 0 saturated carbocycles. The number of halogens is 2. The predicted molar refractivity (Wildman–Crippen MR) is 62.1 cm³/mol. The number of amides is 1. The van der Waals surface area contributed by atoms with Gasteiger partial charge in [0.1, 0.15) is 10.9 Å². The first-order valence-electron chi connectivity index (χ1n) is 4.77. The SMILES string of the molecule is CCCCNC(=O)C1=NC(Cl)NC(Cl)=C1. The summed E-state index contributed by atoms with van der Waals surface area (Å²) in [5, 5.41) is 5.72. The maximum absolute atomic E-state index is 11.5. The Morgan fingerprint density at radius 2 is 2.47 bits per heavy atom. The first-order chi connectivity index (χ1) is 7.13. The molecule has 1 amide bonds. The van der Waals surface area contributed by atoms with Crippen LogP contribution >= 0.6 is 23.2 Å². The van der Waals surface area contributed by atoms with Crippen LogP contribution in [0.1, 0.15) is 19.8 Å². The van der Waals surface area contributed by atoms with E-state index in [4.69, 9.17) is 23.2 Å². The van der Waals surface area contributed by atoms with Crippen molar-refractivity contribution in [3.63, 3.8) is 0 Å². The minimum absolute atomic E-state index is 0.242. The summed E-state index contributed by atoms with van der Waals surface area (Å²) in [6.07, 6.45) is 3.43. The zero-order valence-electron chi connectivity index (χ0n) is 8.39. The molecule has 0 fully saturated rings. The molecule has 0 aliphatic carbocycles. The molecule has 0 aromatic rings. The quantitative estimate of drug-likeness (QED) is 0.452. The van der Waals surface area contributed by atoms with Crippen LogP contribution < -0.4 is 10.6 Å². The molecule has 0 spiro atoms. The summed E-state index contributed by atoms with van der Waals surface area (Å²) in [7, 11) is 0. The number of nitrogens with one attached hydrogen (secondary N) is 2. The second kappa shape index (κ2) is 5.98. The number of rotatable bonds is 4. The highest BCUT2D eigenvalue weighted by molar-refractivity contribution is 6.46. The molecule has 0 aromatic carbocycles. The fraction of sp³-hybridized carbons (Fsp3) is 0.556. The maximum Gasteiger partial charge on any atom is 0.269 e. The molecule has 1 rings (SSSR count). The van der Waals surface area contributed by atoms with Crippen LogP contribution in [0.25, 0.3) is 0 Å². The lowest BCUT2D eigenvalue weighted by Crippen LogP contribution is -2.35. The largest absolute Gasteiger partial charge is 0.351 e. The van der Waals surface area contributed by atoms with Crippen molar-refractivity contribution in [2.45, 2.75) is 25.4 Å². The Balaban J connectivity index is 2.52. The van der Waals surface area contributed by atoms with Crippen molar-refractivity contribution in [3.05, 3.63) is 11.2 Å². The fourth-order valence-corrected chi connectivity index (χ4v) is 1.55. The molecule has 1 aliphatic rings. The van der Waals surface area contributed by atoms with Crippen LogP contribution in [-0.2, 0) is 4.79 Å². The third-order valence-corrected chi connectivity index (χ3v) is 2.25. The van der Waals surface area contributed by atoms with Gasteiger partial charge in [0.2, 0.25) is 0 Å². The van der Waals surface area contributed by atoms with E-state index >= 15 is 0 Å². The van der Waals surface area contributed by atoms with Gasteiger partial charge in [0, 0.05) is 12.6 Å². The van der Waals surface area contributed by atoms with Gasteiger partial charge in [0.05, 0.1) is 0 Å². The number of hydrogen-bond acceptors (Lipinski definition) is 3. The maximum atomic E-state index is 11.5. The highest BCUT2D eigenvalue weighted by Crippen LogP contribution is 2.09. The molecule has 84 valence electrons. The van der Waals surface area contributed by atoms with Gasteiger partial charge < -0.3 is 10.6 Å². The number of hydrogen-bond donors (Lipinski definition) is 2. The molecule has 1 unspecified atom stereocenters. The van der Waals surface area contributed by atoms with Gasteiger partial charge in [-0.25, -0.2) is 4.99 Å². The number of carbonyl (C=O) groups is 1. The Kier molecular flexibility index (Phi) is 4.91. The number of nitrogens with zero attached hydrogens (tertiary/aromatic N) is 1. The molecule has 2 N–H and O–H groups in total. The van der Waals surface area contributed by atoms with E-state index in [0.29, 0.717) is 11.7 Å². The van der Waals surface area contributed by atoms with Crippen LogP contribution in [-0.4, -0.2) is 23.8 Å². The Bertz CT molecular complexity index is 302. The van der Waals surface area contributed by atoms with Gasteiger partial charge in [-0.2, -0.15) is 0 Å². The van der Waals surface area contributed by atoms with Crippen LogP contribution in [0.3, 0.4) is 0 Å². The summed E-state index contributed by atoms with van der Waals surface area (Å²) >= 11 is 11.4. The van der Waals surface area contributed by atoms with Gasteiger partial charge in [-0.3, -0.25) is 4.79 Å². The number of aliphatic imine (C=N–C) groups is 1. The summed E-state index contributed by atoms with van der Waals surface area (Å²) in [6, 6.07) is 0. The monoisotopic (exact) mass is 249 g/mol. The summed E-state index contributed by atoms with van der Waals surface area (Å²) < 4.78 is 0. The average molecular weight is 250 g/mol. The van der Waals surface area contributed by atoms with Crippen molar-refractivity contribution in [1.82, 2.24) is 10.6 Å². The molecule has 0 radical (unpaired) electrons. The fourth-order valence-electron chi connectivity index (χ4n) is 1.06. The normalized spacial score (nSPS) is 20.1. The van der Waals surface area contributed by atoms with E-state index in [1.807, 2.05) is 0 Å². The van der Waals surface area contributed by atoms with Crippen molar-refractivity contribution in [1.29, 1.82) is 0 Å². The molecular formula is C9H13Cl2N3O. The smallest absolute Gasteiger partial charge is 0.269 e. The average Bonchev–Trinajstić information content (AvgIpc) is 2.16. The molecule has 1 aliphatic heterocycles. The first-order valence-corrected chi connectivity index (χ1v) is 5.58. The molecule has 4 nitrogen and oxygen atoms in total. The standard InChI is InChI=1S/C9H13Cl2N3O/c1-2-3-4-12-8(15)6-5-7(10)14-9(11)13-6/h5,9,14H,2-4H2,1H3,(H,12,15). The van der Waals surface area contributed by atoms with Crippen molar-refractivity contribution in [2.75, 3.05) is 6.54 Å². The summed E-state index contributed by atoms with van der Waals surface area (Å²) in [5.41, 5.74) is -0.413. The van der Waals surface area contributed by atoms with E-state index in [1.165, 1.54) is 6.08 Å². The third-order valence-electron chi connectivity index (χ3n) is 1.82. The van der Waals surface area contributed by atoms with Crippen molar-refractivity contribution in [3.8, 4) is 0 Å². The molecule has 0 aromatic heterocycles. The van der Waals surface area contributed by atoms with Gasteiger partial charge in [0.15, 0.2) is 5.62 Å². The topological polar surface area (TPSA) is 53.5 Å². The van der Waals surface area contributed by atoms with Crippen LogP contribution in [0.15, 0.2) is 16.2 Å². The van der Waals surface area contributed by atoms with E-state index in [0.717, 1.165) is 12.8 Å². The lowest BCUT2D eigenvalue weighted by Gasteiger charge is -2.15. The number of unbranched alkanes of at least 4 members (excludes halogenated alkanes) is 1. The lowest BCUT2D eigenvalue weighted by atomic mass is 10.3. The molecule has 6 heteroatoms. The highest BCUT2D eigenvalue weighted by Gasteiger charge is 2.16. The van der Waals surface area contributed by atoms with Crippen molar-refractivity contribution in [2.24, 2.45) is 4.99 Å². The van der Waals surface area contributed by atoms with Gasteiger partial charge in [-0.05, 0) is 6.42 Å².